The number of oxime groups is 1. The van der Waals surface area contributed by atoms with E-state index in [9.17, 15) is 4.79 Å². The van der Waals surface area contributed by atoms with Crippen LogP contribution in [0.1, 0.15) is 5.56 Å². The zero-order chi connectivity index (χ0) is 21.5. The van der Waals surface area contributed by atoms with Gasteiger partial charge in [0.1, 0.15) is 30.6 Å². The number of nitrogen functional groups attached to an aromatic ring is 1. The van der Waals surface area contributed by atoms with Crippen LogP contribution in [0.25, 0.3) is 0 Å². The van der Waals surface area contributed by atoms with Crippen LogP contribution >= 0.6 is 23.2 Å². The first kappa shape index (κ1) is 21.2. The molecule has 0 bridgehead atoms. The number of nitrogens with one attached hydrogen (secondary N) is 2. The Hall–Kier alpha value is -3.56. The monoisotopic (exact) mass is 446 g/mol. The van der Waals surface area contributed by atoms with Gasteiger partial charge in [-0.1, -0.05) is 28.4 Å². The van der Waals surface area contributed by atoms with Gasteiger partial charge >= 0.3 is 6.03 Å². The van der Waals surface area contributed by atoms with Crippen LogP contribution in [0.4, 0.5) is 22.0 Å². The number of carbonyl (C=O) groups excluding carboxylic acids is 1. The highest BCUT2D eigenvalue weighted by Gasteiger charge is 2.12. The van der Waals surface area contributed by atoms with Crippen LogP contribution < -0.4 is 21.1 Å². The number of nitrogens with zero attached hydrogens (tertiary/aromatic N) is 3. The molecule has 0 aliphatic carbocycles. The fourth-order valence-corrected chi connectivity index (χ4v) is 2.63. The summed E-state index contributed by atoms with van der Waals surface area (Å²) in [6, 6.07) is 11.0. The normalized spacial score (nSPS) is 10.6. The van der Waals surface area contributed by atoms with Crippen molar-refractivity contribution in [2.75, 3.05) is 23.5 Å². The molecule has 0 radical (unpaired) electrons. The molecule has 0 aliphatic rings. The summed E-state index contributed by atoms with van der Waals surface area (Å²) in [5.74, 6) is 0.707. The molecule has 3 aromatic rings. The van der Waals surface area contributed by atoms with E-state index in [0.717, 1.165) is 0 Å². The van der Waals surface area contributed by atoms with Crippen molar-refractivity contribution in [1.29, 1.82) is 0 Å². The molecule has 0 unspecified atom stereocenters. The first-order valence-corrected chi connectivity index (χ1v) is 9.20. The fraction of sp³-hybridized carbons (Fsp3) is 0.0526. The molecule has 2 aromatic carbocycles. The van der Waals surface area contributed by atoms with E-state index in [4.69, 9.17) is 33.7 Å². The maximum absolute atomic E-state index is 12.2. The smallest absolute Gasteiger partial charge is 0.323 e. The van der Waals surface area contributed by atoms with E-state index >= 15 is 0 Å². The number of ether oxygens (including phenoxy) is 1. The SMILES string of the molecule is CO/N=C/c1c(N)ncnc1Oc1ccc(NC(=O)Nc2ccc(Cl)cc2)c(Cl)c1. The quantitative estimate of drug-likeness (QED) is 0.369. The minimum absolute atomic E-state index is 0.167. The molecule has 3 rings (SSSR count). The molecule has 4 N–H and O–H groups in total. The first-order valence-electron chi connectivity index (χ1n) is 8.44. The number of aromatic nitrogens is 2. The molecule has 1 aromatic heterocycles. The maximum atomic E-state index is 12.2. The van der Waals surface area contributed by atoms with E-state index < -0.39 is 6.03 Å². The van der Waals surface area contributed by atoms with Crippen LogP contribution in [-0.4, -0.2) is 29.3 Å². The van der Waals surface area contributed by atoms with Crippen LogP contribution in [-0.2, 0) is 4.84 Å². The average molecular weight is 447 g/mol. The van der Waals surface area contributed by atoms with Gasteiger partial charge in [-0.3, -0.25) is 0 Å². The average Bonchev–Trinajstić information content (AvgIpc) is 2.71. The second-order valence-corrected chi connectivity index (χ2v) is 6.57. The van der Waals surface area contributed by atoms with Crippen LogP contribution in [0.3, 0.4) is 0 Å². The van der Waals surface area contributed by atoms with E-state index in [1.165, 1.54) is 25.7 Å². The summed E-state index contributed by atoms with van der Waals surface area (Å²) in [6.07, 6.45) is 2.59. The molecule has 154 valence electrons. The molecular formula is C19H16Cl2N6O3. The third-order valence-corrected chi connectivity index (χ3v) is 4.24. The lowest BCUT2D eigenvalue weighted by Gasteiger charge is -2.12. The van der Waals surface area contributed by atoms with Gasteiger partial charge in [-0.05, 0) is 36.4 Å². The molecule has 0 atom stereocenters. The predicted octanol–water partition coefficient (Wildman–Crippen LogP) is 4.78. The van der Waals surface area contributed by atoms with Crippen LogP contribution in [0.15, 0.2) is 53.9 Å². The fourth-order valence-electron chi connectivity index (χ4n) is 2.29. The highest BCUT2D eigenvalue weighted by atomic mass is 35.5. The Balaban J connectivity index is 1.71. The summed E-state index contributed by atoms with van der Waals surface area (Å²) in [5, 5.41) is 9.82. The molecule has 0 saturated carbocycles. The summed E-state index contributed by atoms with van der Waals surface area (Å²) in [6.45, 7) is 0. The first-order chi connectivity index (χ1) is 14.5. The minimum atomic E-state index is -0.463. The molecular weight excluding hydrogens is 431 g/mol. The lowest BCUT2D eigenvalue weighted by Crippen LogP contribution is -2.19. The maximum Gasteiger partial charge on any atom is 0.323 e. The highest BCUT2D eigenvalue weighted by molar-refractivity contribution is 6.34. The summed E-state index contributed by atoms with van der Waals surface area (Å²) in [7, 11) is 1.39. The Kier molecular flexibility index (Phi) is 6.89. The summed E-state index contributed by atoms with van der Waals surface area (Å²) < 4.78 is 5.73. The van der Waals surface area contributed by atoms with Crippen LogP contribution in [0, 0.1) is 0 Å². The lowest BCUT2D eigenvalue weighted by atomic mass is 10.3. The zero-order valence-corrected chi connectivity index (χ0v) is 17.1. The van der Waals surface area contributed by atoms with Crippen LogP contribution in [0.5, 0.6) is 11.6 Å². The number of hydrogen-bond donors (Lipinski definition) is 3. The van der Waals surface area contributed by atoms with Gasteiger partial charge in [0.05, 0.1) is 16.9 Å². The number of nitrogens with two attached hydrogens (primary N) is 1. The number of anilines is 3. The number of halogens is 2. The van der Waals surface area contributed by atoms with E-state index in [-0.39, 0.29) is 16.7 Å². The molecule has 0 fully saturated rings. The van der Waals surface area contributed by atoms with E-state index in [1.807, 2.05) is 0 Å². The molecule has 0 spiro atoms. The molecule has 30 heavy (non-hydrogen) atoms. The van der Waals surface area contributed by atoms with Gasteiger partial charge in [0, 0.05) is 16.8 Å². The van der Waals surface area contributed by atoms with Crippen molar-refractivity contribution in [3.8, 4) is 11.6 Å². The van der Waals surface area contributed by atoms with Gasteiger partial charge in [-0.25, -0.2) is 14.8 Å². The zero-order valence-electron chi connectivity index (χ0n) is 15.6. The third kappa shape index (κ3) is 5.49. The van der Waals surface area contributed by atoms with Crippen molar-refractivity contribution in [2.24, 2.45) is 5.16 Å². The standard InChI is InChI=1S/C19H16Cl2N6O3/c1-29-25-9-14-17(22)23-10-24-18(14)30-13-6-7-16(15(21)8-13)27-19(28)26-12-4-2-11(20)3-5-12/h2-10H,1H3,(H2,22,23,24)(H2,26,27,28)/b25-9+. The number of amides is 2. The molecule has 1 heterocycles. The molecule has 0 saturated heterocycles. The van der Waals surface area contributed by atoms with Crippen molar-refractivity contribution in [2.45, 2.75) is 0 Å². The third-order valence-electron chi connectivity index (χ3n) is 3.67. The Morgan fingerprint density at radius 1 is 1.13 bits per heavy atom. The largest absolute Gasteiger partial charge is 0.438 e. The number of hydrogen-bond acceptors (Lipinski definition) is 7. The number of benzene rings is 2. The van der Waals surface area contributed by atoms with Gasteiger partial charge in [0.25, 0.3) is 0 Å². The van der Waals surface area contributed by atoms with E-state index in [2.05, 4.69) is 30.6 Å². The van der Waals surface area contributed by atoms with Gasteiger partial charge in [0.2, 0.25) is 5.88 Å². The van der Waals surface area contributed by atoms with Crippen molar-refractivity contribution in [3.05, 3.63) is 64.4 Å². The minimum Gasteiger partial charge on any atom is -0.438 e. The number of carbonyl (C=O) groups is 1. The van der Waals surface area contributed by atoms with Gasteiger partial charge in [0.15, 0.2) is 0 Å². The Bertz CT molecular complexity index is 1080. The Labute approximate surface area is 181 Å². The molecule has 2 amide bonds. The Morgan fingerprint density at radius 3 is 2.60 bits per heavy atom. The van der Waals surface area contributed by atoms with Crippen molar-refractivity contribution < 1.29 is 14.4 Å². The second kappa shape index (κ2) is 9.77. The molecule has 9 nitrogen and oxygen atoms in total. The number of rotatable bonds is 6. The van der Waals surface area contributed by atoms with Crippen molar-refractivity contribution >= 4 is 52.6 Å². The highest BCUT2D eigenvalue weighted by Crippen LogP contribution is 2.31. The van der Waals surface area contributed by atoms with Gasteiger partial charge in [-0.15, -0.1) is 0 Å². The van der Waals surface area contributed by atoms with Crippen LogP contribution in [0.2, 0.25) is 10.0 Å². The topological polar surface area (TPSA) is 124 Å². The van der Waals surface area contributed by atoms with Crippen molar-refractivity contribution in [1.82, 2.24) is 9.97 Å². The molecule has 0 aliphatic heterocycles. The number of urea groups is 1. The van der Waals surface area contributed by atoms with Gasteiger partial charge in [-0.2, -0.15) is 0 Å². The van der Waals surface area contributed by atoms with E-state index in [1.54, 1.807) is 36.4 Å². The summed E-state index contributed by atoms with van der Waals surface area (Å²) in [4.78, 5) is 24.8. The predicted molar refractivity (Wildman–Crippen MR) is 117 cm³/mol. The van der Waals surface area contributed by atoms with Gasteiger partial charge < -0.3 is 25.9 Å². The molecule has 11 heteroatoms. The van der Waals surface area contributed by atoms with Crippen molar-refractivity contribution in [3.63, 3.8) is 0 Å². The summed E-state index contributed by atoms with van der Waals surface area (Å²) in [5.41, 5.74) is 7.15. The van der Waals surface area contributed by atoms with E-state index in [0.29, 0.717) is 27.7 Å². The Morgan fingerprint density at radius 2 is 1.90 bits per heavy atom. The second-order valence-electron chi connectivity index (χ2n) is 5.72. The summed E-state index contributed by atoms with van der Waals surface area (Å²) >= 11 is 12.1. The lowest BCUT2D eigenvalue weighted by molar-refractivity contribution is 0.215.